The van der Waals surface area contributed by atoms with Gasteiger partial charge in [0, 0.05) is 51.0 Å². The number of piperazine rings is 1. The molecule has 0 atom stereocenters. The average Bonchev–Trinajstić information content (AvgIpc) is 2.74. The van der Waals surface area contributed by atoms with Crippen molar-refractivity contribution in [2.24, 2.45) is 0 Å². The van der Waals surface area contributed by atoms with Crippen molar-refractivity contribution in [1.29, 1.82) is 0 Å². The molecule has 1 saturated heterocycles. The summed E-state index contributed by atoms with van der Waals surface area (Å²) in [5, 5.41) is 19.2. The van der Waals surface area contributed by atoms with Gasteiger partial charge in [0.15, 0.2) is 5.82 Å². The molecule has 0 aliphatic carbocycles. The Hall–Kier alpha value is -2.98. The fraction of sp³-hybridized carbons (Fsp3) is 0.389. The number of anilines is 1. The van der Waals surface area contributed by atoms with Crippen LogP contribution in [0.3, 0.4) is 0 Å². The molecular weight excluding hydrogens is 402 g/mol. The summed E-state index contributed by atoms with van der Waals surface area (Å²) in [6.45, 7) is 2.93. The predicted molar refractivity (Wildman–Crippen MR) is 106 cm³/mol. The van der Waals surface area contributed by atoms with E-state index in [-0.39, 0.29) is 22.2 Å². The molecule has 1 amide bonds. The van der Waals surface area contributed by atoms with Crippen molar-refractivity contribution in [3.05, 3.63) is 51.0 Å². The molecule has 10 nitrogen and oxygen atoms in total. The third-order valence-corrected chi connectivity index (χ3v) is 4.76. The zero-order valence-electron chi connectivity index (χ0n) is 15.8. The number of nitrogens with zero attached hydrogens (tertiary/aromatic N) is 5. The monoisotopic (exact) mass is 421 g/mol. The van der Waals surface area contributed by atoms with Crippen LogP contribution in [-0.2, 0) is 4.74 Å². The summed E-state index contributed by atoms with van der Waals surface area (Å²) in [7, 11) is 1.59. The Balaban J connectivity index is 1.58. The highest BCUT2D eigenvalue weighted by atomic mass is 35.5. The smallest absolute Gasteiger partial charge is 0.288 e. The molecular formula is C18H20ClN5O5. The second-order valence-electron chi connectivity index (χ2n) is 6.27. The highest BCUT2D eigenvalue weighted by molar-refractivity contribution is 6.32. The van der Waals surface area contributed by atoms with Gasteiger partial charge in [0.25, 0.3) is 11.6 Å². The van der Waals surface area contributed by atoms with Crippen LogP contribution in [0.5, 0.6) is 5.88 Å². The van der Waals surface area contributed by atoms with Crippen molar-refractivity contribution in [2.45, 2.75) is 0 Å². The molecule has 1 aromatic carbocycles. The second kappa shape index (κ2) is 9.48. The van der Waals surface area contributed by atoms with Gasteiger partial charge in [-0.15, -0.1) is 10.2 Å². The summed E-state index contributed by atoms with van der Waals surface area (Å²) in [6.07, 6.45) is 0. The first-order valence-electron chi connectivity index (χ1n) is 8.93. The number of benzene rings is 1. The van der Waals surface area contributed by atoms with Gasteiger partial charge < -0.3 is 19.3 Å². The first-order valence-corrected chi connectivity index (χ1v) is 9.31. The first kappa shape index (κ1) is 20.7. The van der Waals surface area contributed by atoms with E-state index in [9.17, 15) is 14.9 Å². The van der Waals surface area contributed by atoms with Crippen LogP contribution >= 0.6 is 11.6 Å². The Labute approximate surface area is 172 Å². The molecule has 0 bridgehead atoms. The number of rotatable bonds is 7. The van der Waals surface area contributed by atoms with Crippen LogP contribution in [0, 0.1) is 10.1 Å². The van der Waals surface area contributed by atoms with E-state index < -0.39 is 4.92 Å². The summed E-state index contributed by atoms with van der Waals surface area (Å²) in [6, 6.07) is 7.63. The normalized spacial score (nSPS) is 14.0. The van der Waals surface area contributed by atoms with Crippen LogP contribution in [0.25, 0.3) is 0 Å². The Bertz CT molecular complexity index is 871. The Morgan fingerprint density at radius 2 is 1.93 bits per heavy atom. The number of hydrogen-bond donors (Lipinski definition) is 0. The lowest BCUT2D eigenvalue weighted by Gasteiger charge is -2.35. The fourth-order valence-corrected chi connectivity index (χ4v) is 3.08. The van der Waals surface area contributed by atoms with Crippen molar-refractivity contribution in [3.63, 3.8) is 0 Å². The SMILES string of the molecule is COCCOc1ccc(N2CCN(C(=O)c3ccc(Cl)c([N+](=O)[O-])c3)CC2)nn1. The largest absolute Gasteiger partial charge is 0.474 e. The Kier molecular flexibility index (Phi) is 6.78. The third kappa shape index (κ3) is 5.09. The zero-order valence-corrected chi connectivity index (χ0v) is 16.5. The van der Waals surface area contributed by atoms with Gasteiger partial charge in [0.05, 0.1) is 11.5 Å². The lowest BCUT2D eigenvalue weighted by molar-refractivity contribution is -0.384. The number of amides is 1. The molecule has 0 radical (unpaired) electrons. The number of methoxy groups -OCH3 is 1. The van der Waals surface area contributed by atoms with Gasteiger partial charge >= 0.3 is 0 Å². The number of aromatic nitrogens is 2. The van der Waals surface area contributed by atoms with Crippen molar-refractivity contribution < 1.29 is 19.2 Å². The molecule has 29 heavy (non-hydrogen) atoms. The highest BCUT2D eigenvalue weighted by Crippen LogP contribution is 2.26. The predicted octanol–water partition coefficient (Wildman–Crippen LogP) is 2.03. The van der Waals surface area contributed by atoms with E-state index in [1.54, 1.807) is 18.1 Å². The minimum absolute atomic E-state index is 0.00425. The lowest BCUT2D eigenvalue weighted by Crippen LogP contribution is -2.49. The number of ether oxygens (including phenoxy) is 2. The maximum atomic E-state index is 12.7. The van der Waals surface area contributed by atoms with E-state index in [2.05, 4.69) is 10.2 Å². The first-order chi connectivity index (χ1) is 14.0. The zero-order chi connectivity index (χ0) is 20.8. The van der Waals surface area contributed by atoms with E-state index >= 15 is 0 Å². The van der Waals surface area contributed by atoms with Crippen LogP contribution in [0.1, 0.15) is 10.4 Å². The van der Waals surface area contributed by atoms with Crippen LogP contribution in [-0.4, -0.2) is 72.4 Å². The maximum Gasteiger partial charge on any atom is 0.288 e. The molecule has 2 aromatic rings. The van der Waals surface area contributed by atoms with E-state index in [1.807, 2.05) is 11.0 Å². The molecule has 3 rings (SSSR count). The molecule has 2 heterocycles. The number of carbonyl (C=O) groups is 1. The minimum Gasteiger partial charge on any atom is -0.474 e. The lowest BCUT2D eigenvalue weighted by atomic mass is 10.1. The van der Waals surface area contributed by atoms with Gasteiger partial charge in [0.1, 0.15) is 11.6 Å². The molecule has 1 aromatic heterocycles. The summed E-state index contributed by atoms with van der Waals surface area (Å²) in [4.78, 5) is 26.8. The fourth-order valence-electron chi connectivity index (χ4n) is 2.90. The number of nitro benzene ring substituents is 1. The van der Waals surface area contributed by atoms with Crippen molar-refractivity contribution in [2.75, 3.05) is 51.4 Å². The molecule has 1 fully saturated rings. The summed E-state index contributed by atoms with van der Waals surface area (Å²) >= 11 is 5.81. The number of halogens is 1. The Morgan fingerprint density at radius 3 is 2.55 bits per heavy atom. The highest BCUT2D eigenvalue weighted by Gasteiger charge is 2.25. The number of hydrogen-bond acceptors (Lipinski definition) is 8. The molecule has 0 N–H and O–H groups in total. The molecule has 0 unspecified atom stereocenters. The maximum absolute atomic E-state index is 12.7. The molecule has 154 valence electrons. The Morgan fingerprint density at radius 1 is 1.17 bits per heavy atom. The third-order valence-electron chi connectivity index (χ3n) is 4.44. The van der Waals surface area contributed by atoms with Crippen LogP contribution < -0.4 is 9.64 Å². The average molecular weight is 422 g/mol. The summed E-state index contributed by atoms with van der Waals surface area (Å²) < 4.78 is 10.3. The second-order valence-corrected chi connectivity index (χ2v) is 6.68. The summed E-state index contributed by atoms with van der Waals surface area (Å²) in [5.41, 5.74) is -0.0360. The van der Waals surface area contributed by atoms with Crippen LogP contribution in [0.2, 0.25) is 5.02 Å². The van der Waals surface area contributed by atoms with Gasteiger partial charge in [-0.3, -0.25) is 14.9 Å². The standard InChI is InChI=1S/C18H20ClN5O5/c1-28-10-11-29-17-5-4-16(20-21-17)22-6-8-23(9-7-22)18(25)13-2-3-14(19)15(12-13)24(26)27/h2-5,12H,6-11H2,1H3. The molecule has 0 spiro atoms. The molecule has 0 saturated carbocycles. The van der Waals surface area contributed by atoms with Gasteiger partial charge in [-0.2, -0.15) is 0 Å². The topological polar surface area (TPSA) is 111 Å². The number of carbonyl (C=O) groups excluding carboxylic acids is 1. The van der Waals surface area contributed by atoms with Crippen LogP contribution in [0.4, 0.5) is 11.5 Å². The molecule has 1 aliphatic rings. The summed E-state index contributed by atoms with van der Waals surface area (Å²) in [5.74, 6) is 0.847. The van der Waals surface area contributed by atoms with E-state index in [1.165, 1.54) is 18.2 Å². The molecule has 1 aliphatic heterocycles. The van der Waals surface area contributed by atoms with Crippen LogP contribution in [0.15, 0.2) is 30.3 Å². The van der Waals surface area contributed by atoms with Crippen molar-refractivity contribution in [3.8, 4) is 5.88 Å². The van der Waals surface area contributed by atoms with Gasteiger partial charge in [-0.05, 0) is 18.2 Å². The molecule has 11 heteroatoms. The minimum atomic E-state index is -0.599. The van der Waals surface area contributed by atoms with E-state index in [0.717, 1.165) is 0 Å². The quantitative estimate of drug-likeness (QED) is 0.379. The van der Waals surface area contributed by atoms with E-state index in [0.29, 0.717) is 51.1 Å². The van der Waals surface area contributed by atoms with Gasteiger partial charge in [-0.25, -0.2) is 0 Å². The van der Waals surface area contributed by atoms with Gasteiger partial charge in [0.2, 0.25) is 5.88 Å². The van der Waals surface area contributed by atoms with Gasteiger partial charge in [-0.1, -0.05) is 11.6 Å². The van der Waals surface area contributed by atoms with E-state index in [4.69, 9.17) is 21.1 Å². The van der Waals surface area contributed by atoms with Crippen molar-refractivity contribution >= 4 is 29.0 Å². The number of nitro groups is 1. The van der Waals surface area contributed by atoms with Crippen molar-refractivity contribution in [1.82, 2.24) is 15.1 Å².